The zero-order chi connectivity index (χ0) is 22.5. The lowest BCUT2D eigenvalue weighted by molar-refractivity contribution is -0.384. The molecule has 11 heteroatoms. The van der Waals surface area contributed by atoms with Crippen LogP contribution in [0.15, 0.2) is 47.1 Å². The molecule has 0 fully saturated rings. The largest absolute Gasteiger partial charge is 0.493 e. The smallest absolute Gasteiger partial charge is 0.363 e. The van der Waals surface area contributed by atoms with Crippen LogP contribution >= 0.6 is 22.6 Å². The number of nitrogens with zero attached hydrogens (tertiary/aromatic N) is 2. The highest BCUT2D eigenvalue weighted by atomic mass is 127. The van der Waals surface area contributed by atoms with Crippen LogP contribution in [-0.4, -0.2) is 43.6 Å². The first-order valence-corrected chi connectivity index (χ1v) is 9.74. The summed E-state index contributed by atoms with van der Waals surface area (Å²) in [6, 6.07) is 8.95. The Bertz CT molecular complexity index is 1130. The fraction of sp³-hybridized carbons (Fsp3) is 0.150. The van der Waals surface area contributed by atoms with Crippen LogP contribution in [0.5, 0.6) is 11.5 Å². The van der Waals surface area contributed by atoms with Gasteiger partial charge in [-0.25, -0.2) is 14.6 Å². The van der Waals surface area contributed by atoms with Crippen LogP contribution in [0.4, 0.5) is 5.69 Å². The van der Waals surface area contributed by atoms with Crippen LogP contribution in [0.1, 0.15) is 11.1 Å². The number of aliphatic imine (C=N–C) groups is 1. The summed E-state index contributed by atoms with van der Waals surface area (Å²) in [7, 11) is 2.70. The molecule has 0 amide bonds. The molecule has 0 unspecified atom stereocenters. The first-order chi connectivity index (χ1) is 14.8. The van der Waals surface area contributed by atoms with Gasteiger partial charge in [0.25, 0.3) is 5.69 Å². The van der Waals surface area contributed by atoms with E-state index in [9.17, 15) is 19.7 Å². The van der Waals surface area contributed by atoms with Gasteiger partial charge in [-0.3, -0.25) is 10.1 Å². The van der Waals surface area contributed by atoms with E-state index in [-0.39, 0.29) is 23.9 Å². The summed E-state index contributed by atoms with van der Waals surface area (Å²) in [5.74, 6) is -0.566. The average Bonchev–Trinajstić information content (AvgIpc) is 3.12. The van der Waals surface area contributed by atoms with Crippen molar-refractivity contribution in [3.05, 3.63) is 66.9 Å². The van der Waals surface area contributed by atoms with Crippen LogP contribution < -0.4 is 9.47 Å². The lowest BCUT2D eigenvalue weighted by atomic mass is 10.1. The quantitative estimate of drug-likeness (QED) is 0.173. The Morgan fingerprint density at radius 1 is 1.29 bits per heavy atom. The van der Waals surface area contributed by atoms with Crippen molar-refractivity contribution in [1.29, 1.82) is 0 Å². The highest BCUT2D eigenvalue weighted by molar-refractivity contribution is 14.1. The van der Waals surface area contributed by atoms with E-state index < -0.39 is 16.9 Å². The molecule has 0 radical (unpaired) electrons. The zero-order valence-corrected chi connectivity index (χ0v) is 18.4. The molecule has 0 spiro atoms. The third-order valence-corrected chi connectivity index (χ3v) is 4.84. The van der Waals surface area contributed by atoms with Crippen molar-refractivity contribution in [3.63, 3.8) is 0 Å². The maximum Gasteiger partial charge on any atom is 0.363 e. The maximum absolute atomic E-state index is 12.2. The molecule has 0 bridgehead atoms. The number of esters is 2. The van der Waals surface area contributed by atoms with Crippen molar-refractivity contribution in [2.24, 2.45) is 4.99 Å². The minimum absolute atomic E-state index is 0.0163. The van der Waals surface area contributed by atoms with Gasteiger partial charge < -0.3 is 18.9 Å². The van der Waals surface area contributed by atoms with E-state index in [1.807, 2.05) is 22.6 Å². The summed E-state index contributed by atoms with van der Waals surface area (Å²) in [4.78, 5) is 38.2. The van der Waals surface area contributed by atoms with E-state index >= 15 is 0 Å². The molecule has 0 saturated carbocycles. The number of rotatable bonds is 7. The molecule has 1 aliphatic rings. The summed E-state index contributed by atoms with van der Waals surface area (Å²) >= 11 is 2.01. The normalized spacial score (nSPS) is 14.1. The van der Waals surface area contributed by atoms with Crippen molar-refractivity contribution < 1.29 is 33.5 Å². The molecule has 1 aliphatic heterocycles. The number of benzene rings is 2. The van der Waals surface area contributed by atoms with E-state index in [1.165, 1.54) is 38.5 Å². The fourth-order valence-corrected chi connectivity index (χ4v) is 3.38. The van der Waals surface area contributed by atoms with Gasteiger partial charge in [-0.05, 0) is 52.4 Å². The Balaban J connectivity index is 1.91. The highest BCUT2D eigenvalue weighted by Crippen LogP contribution is 2.35. The van der Waals surface area contributed by atoms with Crippen molar-refractivity contribution in [2.75, 3.05) is 20.8 Å². The molecule has 0 atom stereocenters. The molecule has 0 saturated heterocycles. The number of carbonyl (C=O) groups excluding carboxylic acids is 2. The molecule has 0 aliphatic carbocycles. The van der Waals surface area contributed by atoms with Gasteiger partial charge in [-0.1, -0.05) is 6.07 Å². The van der Waals surface area contributed by atoms with Crippen molar-refractivity contribution in [2.45, 2.75) is 0 Å². The van der Waals surface area contributed by atoms with Crippen LogP contribution in [0.25, 0.3) is 6.08 Å². The molecule has 3 rings (SSSR count). The van der Waals surface area contributed by atoms with Gasteiger partial charge in [-0.15, -0.1) is 0 Å². The van der Waals surface area contributed by atoms with Gasteiger partial charge in [0, 0.05) is 17.7 Å². The molecule has 2 aromatic rings. The second kappa shape index (κ2) is 9.55. The standard InChI is InChI=1S/C20H15IN2O8/c1-28-16-8-11(6-14(21)18(16)30-10-17(24)29-2)7-15-20(25)31-19(22-15)12-4-3-5-13(9-12)23(26)27/h3-9H,10H2,1-2H3/b15-7-. The van der Waals surface area contributed by atoms with Crippen LogP contribution in [0, 0.1) is 13.7 Å². The Kier molecular flexibility index (Phi) is 6.84. The van der Waals surface area contributed by atoms with Crippen LogP contribution in [-0.2, 0) is 19.1 Å². The number of ether oxygens (including phenoxy) is 4. The number of hydrogen-bond acceptors (Lipinski definition) is 9. The summed E-state index contributed by atoms with van der Waals surface area (Å²) in [5, 5.41) is 11.0. The predicted molar refractivity (Wildman–Crippen MR) is 117 cm³/mol. The van der Waals surface area contributed by atoms with E-state index in [0.717, 1.165) is 0 Å². The Hall–Kier alpha value is -3.48. The Labute approximate surface area is 189 Å². The third kappa shape index (κ3) is 5.17. The number of cyclic esters (lactones) is 1. The molecule has 31 heavy (non-hydrogen) atoms. The molecule has 160 valence electrons. The molecular weight excluding hydrogens is 523 g/mol. The van der Waals surface area contributed by atoms with Gasteiger partial charge in [0.1, 0.15) is 0 Å². The van der Waals surface area contributed by atoms with Gasteiger partial charge >= 0.3 is 11.9 Å². The van der Waals surface area contributed by atoms with Gasteiger partial charge in [0.2, 0.25) is 5.90 Å². The number of nitro benzene ring substituents is 1. The van der Waals surface area contributed by atoms with Crippen molar-refractivity contribution in [1.82, 2.24) is 0 Å². The van der Waals surface area contributed by atoms with E-state index in [2.05, 4.69) is 9.73 Å². The minimum Gasteiger partial charge on any atom is -0.493 e. The number of nitro groups is 1. The summed E-state index contributed by atoms with van der Waals surface area (Å²) in [6.45, 7) is -0.285. The number of carbonyl (C=O) groups is 2. The van der Waals surface area contributed by atoms with Gasteiger partial charge in [0.15, 0.2) is 23.8 Å². The molecule has 0 N–H and O–H groups in total. The zero-order valence-electron chi connectivity index (χ0n) is 16.3. The number of methoxy groups -OCH3 is 2. The van der Waals surface area contributed by atoms with E-state index in [1.54, 1.807) is 18.2 Å². The van der Waals surface area contributed by atoms with Gasteiger partial charge in [-0.2, -0.15) is 0 Å². The third-order valence-electron chi connectivity index (χ3n) is 4.04. The topological polar surface area (TPSA) is 127 Å². The second-order valence-electron chi connectivity index (χ2n) is 6.04. The average molecular weight is 538 g/mol. The monoisotopic (exact) mass is 538 g/mol. The number of halogens is 1. The Morgan fingerprint density at radius 3 is 2.74 bits per heavy atom. The molecule has 2 aromatic carbocycles. The fourth-order valence-electron chi connectivity index (χ4n) is 2.60. The van der Waals surface area contributed by atoms with Crippen molar-refractivity contribution >= 4 is 52.2 Å². The summed E-state index contributed by atoms with van der Waals surface area (Å²) in [6.07, 6.45) is 1.49. The first-order valence-electron chi connectivity index (χ1n) is 8.67. The molecule has 0 aromatic heterocycles. The summed E-state index contributed by atoms with van der Waals surface area (Å²) < 4.78 is 21.1. The maximum atomic E-state index is 12.2. The number of non-ortho nitro benzene ring substituents is 1. The van der Waals surface area contributed by atoms with Gasteiger partial charge in [0.05, 0.1) is 22.7 Å². The van der Waals surface area contributed by atoms with E-state index in [0.29, 0.717) is 26.2 Å². The summed E-state index contributed by atoms with van der Waals surface area (Å²) in [5.41, 5.74) is 0.755. The lowest BCUT2D eigenvalue weighted by Crippen LogP contribution is -2.13. The van der Waals surface area contributed by atoms with Crippen LogP contribution in [0.2, 0.25) is 0 Å². The SMILES string of the molecule is COC(=O)COc1c(I)cc(/C=C2\N=C(c3cccc([N+](=O)[O-])c3)OC2=O)cc1OC. The molecule has 10 nitrogen and oxygen atoms in total. The molecular formula is C20H15IN2O8. The predicted octanol–water partition coefficient (Wildman–Crippen LogP) is 3.10. The lowest BCUT2D eigenvalue weighted by Gasteiger charge is -2.12. The van der Waals surface area contributed by atoms with E-state index in [4.69, 9.17) is 14.2 Å². The minimum atomic E-state index is -0.693. The second-order valence-corrected chi connectivity index (χ2v) is 7.20. The first kappa shape index (κ1) is 22.2. The number of hydrogen-bond donors (Lipinski definition) is 0. The van der Waals surface area contributed by atoms with Crippen molar-refractivity contribution in [3.8, 4) is 11.5 Å². The molecule has 1 heterocycles. The highest BCUT2D eigenvalue weighted by Gasteiger charge is 2.25. The Morgan fingerprint density at radius 2 is 2.06 bits per heavy atom. The van der Waals surface area contributed by atoms with Crippen LogP contribution in [0.3, 0.4) is 0 Å².